The van der Waals surface area contributed by atoms with Crippen molar-refractivity contribution in [3.8, 4) is 21.3 Å². The molecule has 5 rings (SSSR count). The van der Waals surface area contributed by atoms with E-state index in [0.29, 0.717) is 23.1 Å². The van der Waals surface area contributed by atoms with Gasteiger partial charge in [0.2, 0.25) is 18.8 Å². The highest BCUT2D eigenvalue weighted by atomic mass is 32.1. The molecule has 0 spiro atoms. The van der Waals surface area contributed by atoms with Crippen molar-refractivity contribution < 1.29 is 37.9 Å². The maximum absolute atomic E-state index is 13.7. The van der Waals surface area contributed by atoms with Gasteiger partial charge in [-0.2, -0.15) is 9.13 Å². The van der Waals surface area contributed by atoms with Gasteiger partial charge in [-0.05, 0) is 33.1 Å². The van der Waals surface area contributed by atoms with Crippen LogP contribution in [0.1, 0.15) is 70.0 Å². The van der Waals surface area contributed by atoms with Gasteiger partial charge in [0.25, 0.3) is 11.7 Å². The van der Waals surface area contributed by atoms with Crippen LogP contribution in [0.3, 0.4) is 0 Å². The molecule has 14 heteroatoms. The number of carbonyl (C=O) groups excluding carboxylic acids is 3. The van der Waals surface area contributed by atoms with Gasteiger partial charge in [-0.25, -0.2) is 4.98 Å². The maximum atomic E-state index is 13.7. The highest BCUT2D eigenvalue weighted by molar-refractivity contribution is 7.21. The lowest BCUT2D eigenvalue weighted by Gasteiger charge is -2.01. The van der Waals surface area contributed by atoms with Crippen LogP contribution in [0.25, 0.3) is 21.3 Å². The van der Waals surface area contributed by atoms with Crippen molar-refractivity contribution in [2.75, 3.05) is 18.5 Å². The van der Waals surface area contributed by atoms with Crippen LogP contribution < -0.4 is 14.5 Å². The summed E-state index contributed by atoms with van der Waals surface area (Å²) in [6.07, 6.45) is 4.61. The molecular weight excluding hydrogens is 683 g/mol. The molecule has 4 heterocycles. The molecule has 0 atom stereocenters. The number of hydrogen-bond acceptors (Lipinski definition) is 11. The fraction of sp³-hybridized carbons (Fsp3) is 0.400. The number of aromatic nitrogens is 4. The number of unbranched alkanes of at least 4 members (excludes halogenated alkanes) is 3. The van der Waals surface area contributed by atoms with Crippen molar-refractivity contribution in [1.82, 2.24) is 10.1 Å². The molecule has 1 amide bonds. The third-order valence-electron chi connectivity index (χ3n) is 8.06. The first-order valence-electron chi connectivity index (χ1n) is 16.3. The Hall–Kier alpha value is -4.11. The zero-order valence-electron chi connectivity index (χ0n) is 28.1. The van der Waals surface area contributed by atoms with Crippen LogP contribution in [0.15, 0.2) is 46.3 Å². The summed E-state index contributed by atoms with van der Waals surface area (Å²) in [6.45, 7) is 8.39. The Kier molecular flexibility index (Phi) is 12.6. The summed E-state index contributed by atoms with van der Waals surface area (Å²) in [7, 11) is 0. The van der Waals surface area contributed by atoms with Crippen LogP contribution in [0, 0.1) is 20.8 Å². The molecule has 0 saturated heterocycles. The van der Waals surface area contributed by atoms with Crippen LogP contribution in [0.5, 0.6) is 0 Å². The smallest absolute Gasteiger partial charge is 0.346 e. The molecule has 49 heavy (non-hydrogen) atoms. The Morgan fingerprint density at radius 2 is 1.69 bits per heavy atom. The number of aliphatic hydroxyl groups excluding tert-OH is 1. The van der Waals surface area contributed by atoms with E-state index in [0.717, 1.165) is 63.9 Å². The highest BCUT2D eigenvalue weighted by Gasteiger charge is 2.37. The Labute approximate surface area is 297 Å². The van der Waals surface area contributed by atoms with Crippen molar-refractivity contribution in [1.29, 1.82) is 0 Å². The first-order valence-corrected chi connectivity index (χ1v) is 18.8. The van der Waals surface area contributed by atoms with Gasteiger partial charge in [0.05, 0.1) is 28.5 Å². The summed E-state index contributed by atoms with van der Waals surface area (Å²) >= 11 is 4.49. The van der Waals surface area contributed by atoms with E-state index in [2.05, 4.69) is 15.5 Å². The number of thiazole rings is 3. The summed E-state index contributed by atoms with van der Waals surface area (Å²) in [6, 6.07) is 11.3. The number of amides is 1. The van der Waals surface area contributed by atoms with Crippen molar-refractivity contribution in [3.05, 3.63) is 74.4 Å². The van der Waals surface area contributed by atoms with Crippen LogP contribution in [-0.2, 0) is 40.3 Å². The quantitative estimate of drug-likeness (QED) is 0.0531. The molecule has 0 aliphatic rings. The van der Waals surface area contributed by atoms with E-state index in [1.54, 1.807) is 41.0 Å². The standard InChI is InChI=1S/C35H40N5O6S3/c1-5-45-32(44)17-26-21-47-35(36-26)37-31(43)20-40-22(2)24(4)48-33(40)34-39(23(3)30(49-34)15-11-6-7-12-16-41)19-28(42)29-18-27(38-46-29)25-13-9-8-10-14-25/h8-10,13-14,18,21,41H,5-7,11-12,15-17,19-20H2,1-4H3/q+1/p+1. The number of aryl methyl sites for hydroxylation is 2. The molecule has 5 aromatic rings. The molecule has 0 bridgehead atoms. The average Bonchev–Trinajstić information content (AvgIpc) is 3.87. The third kappa shape index (κ3) is 9.12. The van der Waals surface area contributed by atoms with E-state index >= 15 is 0 Å². The molecule has 1 aromatic carbocycles. The summed E-state index contributed by atoms with van der Waals surface area (Å²) in [5, 5.41) is 20.1. The Bertz CT molecular complexity index is 1910. The number of aliphatic hydroxyl groups is 1. The first kappa shape index (κ1) is 36.2. The molecule has 0 unspecified atom stereocenters. The molecular formula is C35H41N5O6S3+2. The number of benzene rings is 1. The number of esters is 1. The monoisotopic (exact) mass is 723 g/mol. The van der Waals surface area contributed by atoms with Gasteiger partial charge < -0.3 is 14.4 Å². The zero-order chi connectivity index (χ0) is 34.9. The van der Waals surface area contributed by atoms with Crippen molar-refractivity contribution >= 4 is 56.8 Å². The van der Waals surface area contributed by atoms with Gasteiger partial charge in [0.1, 0.15) is 5.69 Å². The highest BCUT2D eigenvalue weighted by Crippen LogP contribution is 2.32. The lowest BCUT2D eigenvalue weighted by Crippen LogP contribution is -2.47. The molecule has 0 aliphatic carbocycles. The van der Waals surface area contributed by atoms with Gasteiger partial charge in [-0.1, -0.05) is 71.0 Å². The summed E-state index contributed by atoms with van der Waals surface area (Å²) < 4.78 is 14.5. The summed E-state index contributed by atoms with van der Waals surface area (Å²) in [4.78, 5) is 45.6. The fourth-order valence-corrected chi connectivity index (χ4v) is 8.61. The lowest BCUT2D eigenvalue weighted by atomic mass is 10.1. The Morgan fingerprint density at radius 3 is 2.45 bits per heavy atom. The van der Waals surface area contributed by atoms with E-state index in [9.17, 15) is 19.5 Å². The molecule has 0 radical (unpaired) electrons. The molecule has 2 N–H and O–H groups in total. The fourth-order valence-electron chi connectivity index (χ4n) is 5.33. The zero-order valence-corrected chi connectivity index (χ0v) is 30.6. The van der Waals surface area contributed by atoms with E-state index in [4.69, 9.17) is 9.26 Å². The minimum absolute atomic E-state index is 0.0439. The van der Waals surface area contributed by atoms with E-state index in [1.165, 1.54) is 16.2 Å². The number of carbonyl (C=O) groups is 3. The number of ether oxygens (including phenoxy) is 1. The van der Waals surface area contributed by atoms with E-state index in [1.807, 2.05) is 60.2 Å². The number of anilines is 1. The second-order valence-corrected chi connectivity index (χ2v) is 14.7. The molecule has 0 fully saturated rings. The molecule has 258 valence electrons. The minimum Gasteiger partial charge on any atom is -0.466 e. The molecule has 0 saturated carbocycles. The van der Waals surface area contributed by atoms with E-state index < -0.39 is 0 Å². The van der Waals surface area contributed by atoms with Gasteiger partial charge in [-0.15, -0.1) is 11.3 Å². The maximum Gasteiger partial charge on any atom is 0.346 e. The van der Waals surface area contributed by atoms with E-state index in [-0.39, 0.29) is 49.5 Å². The van der Waals surface area contributed by atoms with Gasteiger partial charge >= 0.3 is 16.0 Å². The SMILES string of the molecule is CCOC(=O)Cc1csc(NC(=O)C[n+]2c(-c3sc(CCCCCCO)c(C)[n+]3CC(=O)c3cc(-c4ccccc4)no3)sc(C)c2C)n1. The van der Waals surface area contributed by atoms with Crippen LogP contribution in [0.2, 0.25) is 0 Å². The number of Topliss-reactive ketones (excluding diaryl/α,β-unsaturated/α-hetero) is 1. The first-order chi connectivity index (χ1) is 23.7. The average molecular weight is 724 g/mol. The topological polar surface area (TPSA) is 139 Å². The van der Waals surface area contributed by atoms with Gasteiger partial charge in [0.15, 0.2) is 16.5 Å². The largest absolute Gasteiger partial charge is 0.466 e. The summed E-state index contributed by atoms with van der Waals surface area (Å²) in [5.74, 6) is -0.630. The Morgan fingerprint density at radius 1 is 0.959 bits per heavy atom. The van der Waals surface area contributed by atoms with Gasteiger partial charge in [-0.3, -0.25) is 19.7 Å². The second-order valence-electron chi connectivity index (χ2n) is 11.6. The van der Waals surface area contributed by atoms with Crippen LogP contribution in [0.4, 0.5) is 5.13 Å². The second kappa shape index (κ2) is 17.0. The third-order valence-corrected chi connectivity index (χ3v) is 11.6. The number of ketones is 1. The number of rotatable bonds is 17. The van der Waals surface area contributed by atoms with Crippen molar-refractivity contribution in [3.63, 3.8) is 0 Å². The Balaban J connectivity index is 1.41. The molecule has 4 aromatic heterocycles. The molecule has 11 nitrogen and oxygen atoms in total. The van der Waals surface area contributed by atoms with Crippen LogP contribution >= 0.6 is 34.0 Å². The number of nitrogens with zero attached hydrogens (tertiary/aromatic N) is 4. The van der Waals surface area contributed by atoms with Gasteiger partial charge in [0, 0.05) is 37.5 Å². The molecule has 0 aliphatic heterocycles. The van der Waals surface area contributed by atoms with Crippen molar-refractivity contribution in [2.24, 2.45) is 0 Å². The number of nitrogens with one attached hydrogen (secondary N) is 1. The summed E-state index contributed by atoms with van der Waals surface area (Å²) in [5.41, 5.74) is 3.96. The minimum atomic E-state index is -0.363. The number of hydrogen-bond donors (Lipinski definition) is 2. The predicted molar refractivity (Wildman–Crippen MR) is 189 cm³/mol. The predicted octanol–water partition coefficient (Wildman–Crippen LogP) is 5.81. The van der Waals surface area contributed by atoms with Crippen molar-refractivity contribution in [2.45, 2.75) is 79.3 Å². The van der Waals surface area contributed by atoms with Crippen LogP contribution in [-0.4, -0.2) is 46.1 Å². The lowest BCUT2D eigenvalue weighted by molar-refractivity contribution is -0.702. The normalized spacial score (nSPS) is 11.2.